The van der Waals surface area contributed by atoms with Crippen molar-refractivity contribution in [3.8, 4) is 0 Å². The molecule has 21 heavy (non-hydrogen) atoms. The Kier molecular flexibility index (Phi) is 4.27. The summed E-state index contributed by atoms with van der Waals surface area (Å²) in [7, 11) is 0. The first-order valence-corrected chi connectivity index (χ1v) is 5.93. The average molecular weight is 296 g/mol. The number of nitrogens with zero attached hydrogens (tertiary/aromatic N) is 1. The standard InChI is InChI=1S/C13H10F2N2O4/c14-10-7-12(17(19)20)11(15)6-9(10)13(18)16-4-3-8-2-1-5-21-8/h1-2,5-7H,3-4H2,(H,16,18). The number of hydrogen-bond acceptors (Lipinski definition) is 4. The normalized spacial score (nSPS) is 10.4. The van der Waals surface area contributed by atoms with Gasteiger partial charge in [-0.25, -0.2) is 4.39 Å². The van der Waals surface area contributed by atoms with Crippen LogP contribution < -0.4 is 5.32 Å². The number of halogens is 2. The largest absolute Gasteiger partial charge is 0.469 e. The summed E-state index contributed by atoms with van der Waals surface area (Å²) in [6.45, 7) is 0.157. The molecule has 0 atom stereocenters. The molecule has 0 aliphatic rings. The Labute approximate surface area is 117 Å². The molecule has 0 saturated carbocycles. The fraction of sp³-hybridized carbons (Fsp3) is 0.154. The number of benzene rings is 1. The van der Waals surface area contributed by atoms with Crippen molar-refractivity contribution < 1.29 is 22.9 Å². The first-order chi connectivity index (χ1) is 9.99. The van der Waals surface area contributed by atoms with E-state index < -0.39 is 33.7 Å². The predicted molar refractivity (Wildman–Crippen MR) is 67.8 cm³/mol. The molecule has 0 aliphatic heterocycles. The van der Waals surface area contributed by atoms with Crippen LogP contribution in [0.25, 0.3) is 0 Å². The molecule has 0 aliphatic carbocycles. The van der Waals surface area contributed by atoms with Crippen LogP contribution in [0.3, 0.4) is 0 Å². The van der Waals surface area contributed by atoms with Gasteiger partial charge in [0.05, 0.1) is 22.8 Å². The molecule has 0 spiro atoms. The average Bonchev–Trinajstić information content (AvgIpc) is 2.93. The van der Waals surface area contributed by atoms with Gasteiger partial charge in [-0.1, -0.05) is 0 Å². The summed E-state index contributed by atoms with van der Waals surface area (Å²) in [5.74, 6) is -2.64. The van der Waals surface area contributed by atoms with Crippen LogP contribution in [-0.2, 0) is 6.42 Å². The first-order valence-electron chi connectivity index (χ1n) is 5.93. The van der Waals surface area contributed by atoms with Gasteiger partial charge in [0.1, 0.15) is 11.6 Å². The molecule has 1 aromatic heterocycles. The Balaban J connectivity index is 2.05. The minimum atomic E-state index is -1.27. The van der Waals surface area contributed by atoms with Crippen LogP contribution in [0.15, 0.2) is 34.9 Å². The smallest absolute Gasteiger partial charge is 0.307 e. The third kappa shape index (κ3) is 3.41. The molecule has 1 aromatic carbocycles. The monoisotopic (exact) mass is 296 g/mol. The highest BCUT2D eigenvalue weighted by Crippen LogP contribution is 2.21. The zero-order valence-corrected chi connectivity index (χ0v) is 10.6. The maximum absolute atomic E-state index is 13.6. The number of rotatable bonds is 5. The Morgan fingerprint density at radius 3 is 2.71 bits per heavy atom. The Morgan fingerprint density at radius 1 is 1.33 bits per heavy atom. The summed E-state index contributed by atoms with van der Waals surface area (Å²) < 4.78 is 32.0. The van der Waals surface area contributed by atoms with Crippen molar-refractivity contribution in [2.45, 2.75) is 6.42 Å². The van der Waals surface area contributed by atoms with Gasteiger partial charge in [0.2, 0.25) is 5.82 Å². The SMILES string of the molecule is O=C(NCCc1ccco1)c1cc(F)c([N+](=O)[O-])cc1F. The molecular formula is C13H10F2N2O4. The molecule has 0 bridgehead atoms. The molecule has 1 amide bonds. The summed E-state index contributed by atoms with van der Waals surface area (Å²) >= 11 is 0. The fourth-order valence-electron chi connectivity index (χ4n) is 1.70. The molecule has 0 unspecified atom stereocenters. The van der Waals surface area contributed by atoms with E-state index in [1.807, 2.05) is 0 Å². The highest BCUT2D eigenvalue weighted by atomic mass is 19.1. The second kappa shape index (κ2) is 6.12. The lowest BCUT2D eigenvalue weighted by molar-refractivity contribution is -0.387. The molecule has 1 N–H and O–H groups in total. The van der Waals surface area contributed by atoms with E-state index in [9.17, 15) is 23.7 Å². The highest BCUT2D eigenvalue weighted by molar-refractivity contribution is 5.94. The van der Waals surface area contributed by atoms with Gasteiger partial charge in [-0.2, -0.15) is 4.39 Å². The number of hydrogen-bond donors (Lipinski definition) is 1. The Hall–Kier alpha value is -2.77. The minimum Gasteiger partial charge on any atom is -0.469 e. The van der Waals surface area contributed by atoms with E-state index in [-0.39, 0.29) is 6.54 Å². The number of nitrogens with one attached hydrogen (secondary N) is 1. The van der Waals surface area contributed by atoms with Gasteiger partial charge in [0.25, 0.3) is 5.91 Å². The minimum absolute atomic E-state index is 0.157. The number of nitro benzene ring substituents is 1. The summed E-state index contributed by atoms with van der Waals surface area (Å²) in [5, 5.41) is 12.8. The molecule has 2 rings (SSSR count). The topological polar surface area (TPSA) is 85.4 Å². The molecule has 2 aromatic rings. The first kappa shape index (κ1) is 14.6. The van der Waals surface area contributed by atoms with Gasteiger partial charge in [0, 0.05) is 13.0 Å². The number of carbonyl (C=O) groups is 1. The maximum Gasteiger partial charge on any atom is 0.307 e. The number of furan rings is 1. The molecule has 0 saturated heterocycles. The van der Waals surface area contributed by atoms with Crippen molar-refractivity contribution in [2.24, 2.45) is 0 Å². The van der Waals surface area contributed by atoms with Crippen LogP contribution in [0.5, 0.6) is 0 Å². The second-order valence-electron chi connectivity index (χ2n) is 4.13. The molecule has 0 fully saturated rings. The van der Waals surface area contributed by atoms with Crippen molar-refractivity contribution in [2.75, 3.05) is 6.54 Å². The molecular weight excluding hydrogens is 286 g/mol. The van der Waals surface area contributed by atoms with E-state index in [2.05, 4.69) is 5.32 Å². The third-order valence-corrected chi connectivity index (χ3v) is 2.71. The lowest BCUT2D eigenvalue weighted by Crippen LogP contribution is -2.26. The lowest BCUT2D eigenvalue weighted by atomic mass is 10.1. The van der Waals surface area contributed by atoms with E-state index in [1.54, 1.807) is 12.1 Å². The van der Waals surface area contributed by atoms with E-state index >= 15 is 0 Å². The fourth-order valence-corrected chi connectivity index (χ4v) is 1.70. The molecule has 0 radical (unpaired) electrons. The van der Waals surface area contributed by atoms with Crippen molar-refractivity contribution in [3.63, 3.8) is 0 Å². The maximum atomic E-state index is 13.6. The lowest BCUT2D eigenvalue weighted by Gasteiger charge is -2.05. The van der Waals surface area contributed by atoms with E-state index in [1.165, 1.54) is 6.26 Å². The van der Waals surface area contributed by atoms with E-state index in [4.69, 9.17) is 4.42 Å². The van der Waals surface area contributed by atoms with Crippen molar-refractivity contribution in [1.82, 2.24) is 5.32 Å². The zero-order chi connectivity index (χ0) is 15.4. The van der Waals surface area contributed by atoms with Crippen LogP contribution in [0.2, 0.25) is 0 Å². The molecule has 1 heterocycles. The van der Waals surface area contributed by atoms with Crippen molar-refractivity contribution in [1.29, 1.82) is 0 Å². The molecule has 6 nitrogen and oxygen atoms in total. The van der Waals surface area contributed by atoms with Crippen LogP contribution in [-0.4, -0.2) is 17.4 Å². The Morgan fingerprint density at radius 2 is 2.10 bits per heavy atom. The second-order valence-corrected chi connectivity index (χ2v) is 4.13. The van der Waals surface area contributed by atoms with Crippen molar-refractivity contribution in [3.05, 3.63) is 63.6 Å². The van der Waals surface area contributed by atoms with Gasteiger partial charge in [0.15, 0.2) is 0 Å². The Bertz CT molecular complexity index is 671. The van der Waals surface area contributed by atoms with Gasteiger partial charge in [-0.3, -0.25) is 14.9 Å². The zero-order valence-electron chi connectivity index (χ0n) is 10.6. The third-order valence-electron chi connectivity index (χ3n) is 2.71. The summed E-state index contributed by atoms with van der Waals surface area (Å²) in [6.07, 6.45) is 1.86. The quantitative estimate of drug-likeness (QED) is 0.678. The van der Waals surface area contributed by atoms with Crippen LogP contribution >= 0.6 is 0 Å². The van der Waals surface area contributed by atoms with Crippen molar-refractivity contribution >= 4 is 11.6 Å². The van der Waals surface area contributed by atoms with Gasteiger partial charge in [-0.05, 0) is 18.2 Å². The summed E-state index contributed by atoms with van der Waals surface area (Å²) in [6, 6.07) is 4.28. The van der Waals surface area contributed by atoms with E-state index in [0.717, 1.165) is 0 Å². The van der Waals surface area contributed by atoms with Gasteiger partial charge < -0.3 is 9.73 Å². The van der Waals surface area contributed by atoms with Crippen LogP contribution in [0.1, 0.15) is 16.1 Å². The van der Waals surface area contributed by atoms with Gasteiger partial charge >= 0.3 is 5.69 Å². The molecule has 8 heteroatoms. The number of carbonyl (C=O) groups excluding carboxylic acids is 1. The summed E-state index contributed by atoms with van der Waals surface area (Å²) in [5.41, 5.74) is -1.60. The number of nitro groups is 1. The predicted octanol–water partition coefficient (Wildman–Crippen LogP) is 2.44. The van der Waals surface area contributed by atoms with Gasteiger partial charge in [-0.15, -0.1) is 0 Å². The van der Waals surface area contributed by atoms with Crippen LogP contribution in [0.4, 0.5) is 14.5 Å². The van der Waals surface area contributed by atoms with E-state index in [0.29, 0.717) is 24.3 Å². The molecule has 110 valence electrons. The number of amides is 1. The highest BCUT2D eigenvalue weighted by Gasteiger charge is 2.21. The summed E-state index contributed by atoms with van der Waals surface area (Å²) in [4.78, 5) is 21.1. The van der Waals surface area contributed by atoms with Crippen LogP contribution in [0, 0.1) is 21.7 Å².